The molecule has 0 aliphatic carbocycles. The van der Waals surface area contributed by atoms with E-state index in [2.05, 4.69) is 10.2 Å². The summed E-state index contributed by atoms with van der Waals surface area (Å²) in [6, 6.07) is 0.210. The maximum Gasteiger partial charge on any atom is 0.222 e. The number of nitrogens with one attached hydrogen (secondary N) is 1. The normalized spacial score (nSPS) is 14.1. The van der Waals surface area contributed by atoms with Gasteiger partial charge in [0.1, 0.15) is 0 Å². The molecule has 0 saturated carbocycles. The molecule has 0 fully saturated rings. The van der Waals surface area contributed by atoms with Crippen LogP contribution in [0, 0.1) is 0 Å². The fourth-order valence-electron chi connectivity index (χ4n) is 1.26. The second-order valence-electron chi connectivity index (χ2n) is 5.23. The van der Waals surface area contributed by atoms with E-state index in [1.807, 2.05) is 34.9 Å². The predicted octanol–water partition coefficient (Wildman–Crippen LogP) is 0.570. The number of carbonyl (C=O) groups excluding carboxylic acids is 1. The molecule has 0 aliphatic rings. The van der Waals surface area contributed by atoms with Gasteiger partial charge in [0.2, 0.25) is 5.91 Å². The van der Waals surface area contributed by atoms with E-state index in [9.17, 15) is 4.79 Å². The highest BCUT2D eigenvalue weighted by molar-refractivity contribution is 5.77. The lowest BCUT2D eigenvalue weighted by atomic mass is 10.0. The number of carbonyl (C=O) groups is 1. The van der Waals surface area contributed by atoms with E-state index in [1.165, 1.54) is 0 Å². The Morgan fingerprint density at radius 1 is 1.47 bits per heavy atom. The molecule has 1 atom stereocenters. The topological polar surface area (TPSA) is 58.4 Å². The molecule has 0 spiro atoms. The molecule has 0 heterocycles. The monoisotopic (exact) mass is 215 g/mol. The Morgan fingerprint density at radius 2 is 2.00 bits per heavy atom. The highest BCUT2D eigenvalue weighted by atomic mass is 16.1. The highest BCUT2D eigenvalue weighted by Gasteiger charge is 2.17. The van der Waals surface area contributed by atoms with Crippen LogP contribution in [0.1, 0.15) is 33.6 Å². The van der Waals surface area contributed by atoms with Crippen molar-refractivity contribution in [2.24, 2.45) is 5.73 Å². The van der Waals surface area contributed by atoms with Gasteiger partial charge in [0.05, 0.1) is 0 Å². The van der Waals surface area contributed by atoms with Crippen molar-refractivity contribution in [3.8, 4) is 0 Å². The summed E-state index contributed by atoms with van der Waals surface area (Å²) in [6.07, 6.45) is 1.34. The summed E-state index contributed by atoms with van der Waals surface area (Å²) in [5.74, 6) is 0.0359. The van der Waals surface area contributed by atoms with Gasteiger partial charge in [0, 0.05) is 18.0 Å². The SMILES string of the molecule is CC(CCN(C)C)NC(=O)CC(C)(C)N. The maximum absolute atomic E-state index is 11.5. The third-order valence-electron chi connectivity index (χ3n) is 2.03. The zero-order valence-electron chi connectivity index (χ0n) is 10.6. The second kappa shape index (κ2) is 6.08. The zero-order valence-corrected chi connectivity index (χ0v) is 10.6. The fourth-order valence-corrected chi connectivity index (χ4v) is 1.26. The van der Waals surface area contributed by atoms with Gasteiger partial charge in [-0.1, -0.05) is 0 Å². The molecule has 0 saturated heterocycles. The first-order valence-electron chi connectivity index (χ1n) is 5.43. The van der Waals surface area contributed by atoms with Crippen molar-refractivity contribution in [1.29, 1.82) is 0 Å². The Labute approximate surface area is 93.2 Å². The first-order chi connectivity index (χ1) is 6.70. The molecule has 1 amide bonds. The molecule has 0 aromatic heterocycles. The summed E-state index contributed by atoms with van der Waals surface area (Å²) >= 11 is 0. The van der Waals surface area contributed by atoms with Crippen LogP contribution >= 0.6 is 0 Å². The summed E-state index contributed by atoms with van der Waals surface area (Å²) in [7, 11) is 4.05. The Morgan fingerprint density at radius 3 is 2.40 bits per heavy atom. The molecule has 3 N–H and O–H groups in total. The van der Waals surface area contributed by atoms with Gasteiger partial charge in [0.25, 0.3) is 0 Å². The smallest absolute Gasteiger partial charge is 0.222 e. The van der Waals surface area contributed by atoms with E-state index in [0.29, 0.717) is 6.42 Å². The van der Waals surface area contributed by atoms with Crippen LogP contribution in [0.15, 0.2) is 0 Å². The number of hydrogen-bond acceptors (Lipinski definition) is 3. The number of amides is 1. The third kappa shape index (κ3) is 9.69. The largest absolute Gasteiger partial charge is 0.354 e. The standard InChI is InChI=1S/C11H25N3O/c1-9(6-7-14(4)5)13-10(15)8-11(2,3)12/h9H,6-8,12H2,1-5H3,(H,13,15). The Hall–Kier alpha value is -0.610. The molecule has 0 aromatic carbocycles. The van der Waals surface area contributed by atoms with Crippen LogP contribution in [-0.2, 0) is 4.79 Å². The van der Waals surface area contributed by atoms with E-state index in [0.717, 1.165) is 13.0 Å². The van der Waals surface area contributed by atoms with Gasteiger partial charge < -0.3 is 16.0 Å². The molecule has 4 heteroatoms. The van der Waals surface area contributed by atoms with Crippen molar-refractivity contribution in [1.82, 2.24) is 10.2 Å². The van der Waals surface area contributed by atoms with E-state index >= 15 is 0 Å². The number of nitrogens with zero attached hydrogens (tertiary/aromatic N) is 1. The van der Waals surface area contributed by atoms with E-state index < -0.39 is 5.54 Å². The fraction of sp³-hybridized carbons (Fsp3) is 0.909. The van der Waals surface area contributed by atoms with Crippen LogP contribution in [0.25, 0.3) is 0 Å². The zero-order chi connectivity index (χ0) is 12.1. The first-order valence-corrected chi connectivity index (χ1v) is 5.43. The Kier molecular flexibility index (Phi) is 5.83. The minimum absolute atomic E-state index is 0.0359. The summed E-state index contributed by atoms with van der Waals surface area (Å²) in [5, 5.41) is 2.95. The third-order valence-corrected chi connectivity index (χ3v) is 2.03. The minimum atomic E-state index is -0.425. The summed E-state index contributed by atoms with van der Waals surface area (Å²) in [6.45, 7) is 6.71. The van der Waals surface area contributed by atoms with Gasteiger partial charge in [-0.25, -0.2) is 0 Å². The molecule has 1 unspecified atom stereocenters. The molecule has 4 nitrogen and oxygen atoms in total. The molecule has 90 valence electrons. The van der Waals surface area contributed by atoms with Crippen molar-refractivity contribution < 1.29 is 4.79 Å². The highest BCUT2D eigenvalue weighted by Crippen LogP contribution is 2.03. The minimum Gasteiger partial charge on any atom is -0.354 e. The summed E-state index contributed by atoms with van der Waals surface area (Å²) in [5.41, 5.74) is 5.34. The van der Waals surface area contributed by atoms with E-state index in [1.54, 1.807) is 0 Å². The van der Waals surface area contributed by atoms with E-state index in [-0.39, 0.29) is 11.9 Å². The van der Waals surface area contributed by atoms with Gasteiger partial charge >= 0.3 is 0 Å². The molecule has 15 heavy (non-hydrogen) atoms. The van der Waals surface area contributed by atoms with Crippen LogP contribution in [0.3, 0.4) is 0 Å². The Balaban J connectivity index is 3.77. The number of hydrogen-bond donors (Lipinski definition) is 2. The molecule has 0 aromatic rings. The molecule has 0 radical (unpaired) electrons. The molecule has 0 aliphatic heterocycles. The maximum atomic E-state index is 11.5. The van der Waals surface area contributed by atoms with Crippen LogP contribution in [0.4, 0.5) is 0 Å². The predicted molar refractivity (Wildman–Crippen MR) is 63.7 cm³/mol. The van der Waals surface area contributed by atoms with Crippen molar-refractivity contribution in [3.63, 3.8) is 0 Å². The number of rotatable bonds is 6. The van der Waals surface area contributed by atoms with Crippen molar-refractivity contribution in [2.75, 3.05) is 20.6 Å². The van der Waals surface area contributed by atoms with Gasteiger partial charge in [-0.2, -0.15) is 0 Å². The van der Waals surface area contributed by atoms with Crippen molar-refractivity contribution in [2.45, 2.75) is 45.2 Å². The van der Waals surface area contributed by atoms with E-state index in [4.69, 9.17) is 5.73 Å². The van der Waals surface area contributed by atoms with Gasteiger partial charge in [-0.05, 0) is 47.8 Å². The first kappa shape index (κ1) is 14.4. The lowest BCUT2D eigenvalue weighted by Gasteiger charge is -2.21. The van der Waals surface area contributed by atoms with Crippen LogP contribution in [0.2, 0.25) is 0 Å². The summed E-state index contributed by atoms with van der Waals surface area (Å²) in [4.78, 5) is 13.6. The number of nitrogens with two attached hydrogens (primary N) is 1. The average Bonchev–Trinajstić information content (AvgIpc) is 1.96. The van der Waals surface area contributed by atoms with Crippen LogP contribution < -0.4 is 11.1 Å². The molecule has 0 rings (SSSR count). The van der Waals surface area contributed by atoms with Gasteiger partial charge in [-0.15, -0.1) is 0 Å². The van der Waals surface area contributed by atoms with Crippen LogP contribution in [0.5, 0.6) is 0 Å². The lowest BCUT2D eigenvalue weighted by molar-refractivity contribution is -0.122. The Bertz CT molecular complexity index is 196. The van der Waals surface area contributed by atoms with Crippen molar-refractivity contribution >= 4 is 5.91 Å². The van der Waals surface area contributed by atoms with Gasteiger partial charge in [-0.3, -0.25) is 4.79 Å². The molecule has 0 bridgehead atoms. The lowest BCUT2D eigenvalue weighted by Crippen LogP contribution is -2.42. The van der Waals surface area contributed by atoms with Crippen molar-refractivity contribution in [3.05, 3.63) is 0 Å². The van der Waals surface area contributed by atoms with Gasteiger partial charge in [0.15, 0.2) is 0 Å². The second-order valence-corrected chi connectivity index (χ2v) is 5.23. The average molecular weight is 215 g/mol. The van der Waals surface area contributed by atoms with Crippen LogP contribution in [-0.4, -0.2) is 43.0 Å². The molecular weight excluding hydrogens is 190 g/mol. The summed E-state index contributed by atoms with van der Waals surface area (Å²) < 4.78 is 0. The quantitative estimate of drug-likeness (QED) is 0.681. The molecular formula is C11H25N3O.